The van der Waals surface area contributed by atoms with Gasteiger partial charge in [-0.05, 0) is 32.9 Å². The van der Waals surface area contributed by atoms with E-state index in [0.29, 0.717) is 0 Å². The van der Waals surface area contributed by atoms with Crippen molar-refractivity contribution < 1.29 is 9.90 Å². The number of carboxylic acid groups (broad SMARTS) is 1. The standard InChI is InChI=1S/C10H15N.C4H6O2/c1-3-11(4-2)10-8-6-5-7-9-10;1-3(2)4(5)6/h5-9H,3-4H2,1-2H3;1H2,2H3,(H,5,6). The molecule has 0 unspecified atom stereocenters. The number of hydrogen-bond donors (Lipinski definition) is 1. The van der Waals surface area contributed by atoms with Gasteiger partial charge in [0.1, 0.15) is 0 Å². The van der Waals surface area contributed by atoms with Crippen LogP contribution in [0.15, 0.2) is 42.5 Å². The molecule has 1 rings (SSSR count). The zero-order valence-electron chi connectivity index (χ0n) is 10.8. The number of para-hydroxylation sites is 1. The van der Waals surface area contributed by atoms with Crippen molar-refractivity contribution in [2.75, 3.05) is 18.0 Å². The van der Waals surface area contributed by atoms with Crippen LogP contribution >= 0.6 is 0 Å². The van der Waals surface area contributed by atoms with Gasteiger partial charge in [-0.15, -0.1) is 0 Å². The average molecular weight is 235 g/mol. The Balaban J connectivity index is 0.000000366. The van der Waals surface area contributed by atoms with Crippen molar-refractivity contribution in [3.63, 3.8) is 0 Å². The quantitative estimate of drug-likeness (QED) is 0.815. The molecule has 0 aliphatic heterocycles. The Labute approximate surface area is 103 Å². The molecule has 1 aromatic rings. The van der Waals surface area contributed by atoms with Gasteiger partial charge in [0, 0.05) is 24.4 Å². The predicted molar refractivity (Wildman–Crippen MR) is 72.5 cm³/mol. The lowest BCUT2D eigenvalue weighted by Crippen LogP contribution is -2.21. The molecule has 0 atom stereocenters. The zero-order valence-corrected chi connectivity index (χ0v) is 10.8. The summed E-state index contributed by atoms with van der Waals surface area (Å²) < 4.78 is 0. The third-order valence-corrected chi connectivity index (χ3v) is 2.25. The van der Waals surface area contributed by atoms with Crippen molar-refractivity contribution in [1.82, 2.24) is 0 Å². The van der Waals surface area contributed by atoms with Crippen LogP contribution in [0.4, 0.5) is 5.69 Å². The number of benzene rings is 1. The lowest BCUT2D eigenvalue weighted by atomic mass is 10.3. The SMILES string of the molecule is C=C(C)C(=O)O.CCN(CC)c1ccccc1. The highest BCUT2D eigenvalue weighted by Gasteiger charge is 1.97. The Hall–Kier alpha value is -1.77. The first-order valence-corrected chi connectivity index (χ1v) is 5.71. The molecule has 0 aliphatic rings. The van der Waals surface area contributed by atoms with Crippen LogP contribution in [0.25, 0.3) is 0 Å². The van der Waals surface area contributed by atoms with Gasteiger partial charge in [-0.3, -0.25) is 0 Å². The van der Waals surface area contributed by atoms with Gasteiger partial charge >= 0.3 is 5.97 Å². The van der Waals surface area contributed by atoms with Crippen LogP contribution in [0.5, 0.6) is 0 Å². The molecular formula is C14H21NO2. The number of anilines is 1. The fourth-order valence-electron chi connectivity index (χ4n) is 1.23. The van der Waals surface area contributed by atoms with E-state index < -0.39 is 5.97 Å². The fraction of sp³-hybridized carbons (Fsp3) is 0.357. The Kier molecular flexibility index (Phi) is 7.52. The van der Waals surface area contributed by atoms with Crippen LogP contribution in [0.3, 0.4) is 0 Å². The number of aliphatic carboxylic acids is 1. The first kappa shape index (κ1) is 15.2. The zero-order chi connectivity index (χ0) is 13.3. The van der Waals surface area contributed by atoms with Crippen molar-refractivity contribution in [3.05, 3.63) is 42.5 Å². The van der Waals surface area contributed by atoms with Crippen LogP contribution in [-0.4, -0.2) is 24.2 Å². The minimum absolute atomic E-state index is 0.176. The highest BCUT2D eigenvalue weighted by Crippen LogP contribution is 2.11. The van der Waals surface area contributed by atoms with Gasteiger partial charge in [-0.25, -0.2) is 4.79 Å². The smallest absolute Gasteiger partial charge is 0.330 e. The molecule has 3 heteroatoms. The number of hydrogen-bond acceptors (Lipinski definition) is 2. The van der Waals surface area contributed by atoms with Gasteiger partial charge < -0.3 is 10.0 Å². The van der Waals surface area contributed by atoms with E-state index in [2.05, 4.69) is 49.6 Å². The number of rotatable bonds is 4. The molecule has 94 valence electrons. The molecule has 0 fully saturated rings. The summed E-state index contributed by atoms with van der Waals surface area (Å²) in [6.07, 6.45) is 0. The molecule has 3 nitrogen and oxygen atoms in total. The summed E-state index contributed by atoms with van der Waals surface area (Å²) in [6.45, 7) is 11.1. The van der Waals surface area contributed by atoms with E-state index in [4.69, 9.17) is 5.11 Å². The van der Waals surface area contributed by atoms with Gasteiger partial charge in [-0.1, -0.05) is 24.8 Å². The van der Waals surface area contributed by atoms with Crippen LogP contribution < -0.4 is 4.90 Å². The monoisotopic (exact) mass is 235 g/mol. The molecule has 1 N–H and O–H groups in total. The second kappa shape index (κ2) is 8.39. The van der Waals surface area contributed by atoms with Crippen LogP contribution in [0.1, 0.15) is 20.8 Å². The summed E-state index contributed by atoms with van der Waals surface area (Å²) in [5.74, 6) is -0.935. The molecular weight excluding hydrogens is 214 g/mol. The Morgan fingerprint density at radius 2 is 1.65 bits per heavy atom. The Morgan fingerprint density at radius 1 is 1.24 bits per heavy atom. The highest BCUT2D eigenvalue weighted by atomic mass is 16.4. The molecule has 0 saturated heterocycles. The van der Waals surface area contributed by atoms with E-state index in [1.165, 1.54) is 12.6 Å². The van der Waals surface area contributed by atoms with Crippen LogP contribution in [0, 0.1) is 0 Å². The number of carbonyl (C=O) groups is 1. The molecule has 1 aromatic carbocycles. The Bertz CT molecular complexity index is 330. The number of carboxylic acids is 1. The lowest BCUT2D eigenvalue weighted by molar-refractivity contribution is -0.132. The Morgan fingerprint density at radius 3 is 1.94 bits per heavy atom. The van der Waals surface area contributed by atoms with Crippen molar-refractivity contribution in [2.24, 2.45) is 0 Å². The third kappa shape index (κ3) is 6.40. The molecule has 0 saturated carbocycles. The molecule has 0 bridgehead atoms. The van der Waals surface area contributed by atoms with Gasteiger partial charge in [0.2, 0.25) is 0 Å². The minimum Gasteiger partial charge on any atom is -0.478 e. The van der Waals surface area contributed by atoms with Gasteiger partial charge in [-0.2, -0.15) is 0 Å². The topological polar surface area (TPSA) is 40.5 Å². The third-order valence-electron chi connectivity index (χ3n) is 2.25. The van der Waals surface area contributed by atoms with Crippen molar-refractivity contribution in [1.29, 1.82) is 0 Å². The summed E-state index contributed by atoms with van der Waals surface area (Å²) in [7, 11) is 0. The van der Waals surface area contributed by atoms with E-state index in [9.17, 15) is 4.79 Å². The summed E-state index contributed by atoms with van der Waals surface area (Å²) in [5.41, 5.74) is 1.49. The minimum atomic E-state index is -0.935. The predicted octanol–water partition coefficient (Wildman–Crippen LogP) is 3.18. The van der Waals surface area contributed by atoms with Gasteiger partial charge in [0.25, 0.3) is 0 Å². The maximum atomic E-state index is 9.60. The second-order valence-electron chi connectivity index (χ2n) is 3.59. The van der Waals surface area contributed by atoms with E-state index in [-0.39, 0.29) is 5.57 Å². The van der Waals surface area contributed by atoms with E-state index >= 15 is 0 Å². The highest BCUT2D eigenvalue weighted by molar-refractivity contribution is 5.84. The summed E-state index contributed by atoms with van der Waals surface area (Å²) >= 11 is 0. The molecule has 0 aromatic heterocycles. The molecule has 0 amide bonds. The first-order valence-electron chi connectivity index (χ1n) is 5.71. The van der Waals surface area contributed by atoms with E-state index in [0.717, 1.165) is 13.1 Å². The normalized spacial score (nSPS) is 8.88. The summed E-state index contributed by atoms with van der Waals surface area (Å²) in [6, 6.07) is 10.5. The van der Waals surface area contributed by atoms with E-state index in [1.807, 2.05) is 6.07 Å². The van der Waals surface area contributed by atoms with E-state index in [1.54, 1.807) is 0 Å². The first-order chi connectivity index (χ1) is 8.02. The maximum absolute atomic E-state index is 9.60. The van der Waals surface area contributed by atoms with Crippen LogP contribution in [0.2, 0.25) is 0 Å². The molecule has 0 radical (unpaired) electrons. The molecule has 0 heterocycles. The van der Waals surface area contributed by atoms with Crippen molar-refractivity contribution >= 4 is 11.7 Å². The largest absolute Gasteiger partial charge is 0.478 e. The second-order valence-corrected chi connectivity index (χ2v) is 3.59. The van der Waals surface area contributed by atoms with Crippen molar-refractivity contribution in [2.45, 2.75) is 20.8 Å². The summed E-state index contributed by atoms with van der Waals surface area (Å²) in [5, 5.41) is 7.89. The van der Waals surface area contributed by atoms with Crippen LogP contribution in [-0.2, 0) is 4.79 Å². The molecule has 0 aliphatic carbocycles. The lowest BCUT2D eigenvalue weighted by Gasteiger charge is -2.20. The van der Waals surface area contributed by atoms with Gasteiger partial charge in [0.05, 0.1) is 0 Å². The number of nitrogens with zero attached hydrogens (tertiary/aromatic N) is 1. The molecule has 0 spiro atoms. The molecule has 17 heavy (non-hydrogen) atoms. The maximum Gasteiger partial charge on any atom is 0.330 e. The summed E-state index contributed by atoms with van der Waals surface area (Å²) in [4.78, 5) is 11.9. The van der Waals surface area contributed by atoms with Gasteiger partial charge in [0.15, 0.2) is 0 Å². The van der Waals surface area contributed by atoms with Crippen molar-refractivity contribution in [3.8, 4) is 0 Å². The average Bonchev–Trinajstić information content (AvgIpc) is 2.32. The fourth-order valence-corrected chi connectivity index (χ4v) is 1.23.